The number of rotatable bonds is 1. The Morgan fingerprint density at radius 2 is 2.06 bits per heavy atom. The number of hydrogen-bond donors (Lipinski definition) is 1. The van der Waals surface area contributed by atoms with E-state index in [1.165, 1.54) is 23.9 Å². The Hall–Kier alpha value is -1.17. The number of aliphatic imine (C=N–C) groups is 1. The van der Waals surface area contributed by atoms with Crippen LogP contribution in [-0.4, -0.2) is 17.0 Å². The molecule has 1 aromatic rings. The minimum absolute atomic E-state index is 0.0605. The predicted molar refractivity (Wildman–Crippen MR) is 69.0 cm³/mol. The highest BCUT2D eigenvalue weighted by atomic mass is 32.2. The molecule has 18 heavy (non-hydrogen) atoms. The zero-order chi connectivity index (χ0) is 13.2. The third-order valence-corrected chi connectivity index (χ3v) is 3.51. The fraction of sp³-hybridized carbons (Fsp3) is 0.417. The molecule has 1 aliphatic rings. The monoisotopic (exact) mass is 274 g/mol. The van der Waals surface area contributed by atoms with Crippen LogP contribution in [0.25, 0.3) is 0 Å². The second-order valence-corrected chi connectivity index (χ2v) is 5.17. The molecule has 1 atom stereocenters. The van der Waals surface area contributed by atoms with Gasteiger partial charge in [-0.25, -0.2) is 0 Å². The SMILES string of the molecule is CC1CCSC(Nc2ccccc2C(F)(F)F)=N1. The number of nitrogens with one attached hydrogen (secondary N) is 1. The number of nitrogens with zero attached hydrogens (tertiary/aromatic N) is 1. The van der Waals surface area contributed by atoms with E-state index in [0.29, 0.717) is 5.17 Å². The second-order valence-electron chi connectivity index (χ2n) is 4.09. The number of benzene rings is 1. The highest BCUT2D eigenvalue weighted by Gasteiger charge is 2.33. The van der Waals surface area contributed by atoms with Crippen LogP contribution in [0.4, 0.5) is 18.9 Å². The summed E-state index contributed by atoms with van der Waals surface area (Å²) in [6, 6.07) is 5.61. The van der Waals surface area contributed by atoms with E-state index < -0.39 is 11.7 Å². The summed E-state index contributed by atoms with van der Waals surface area (Å²) in [6.45, 7) is 1.96. The van der Waals surface area contributed by atoms with Gasteiger partial charge in [-0.1, -0.05) is 23.9 Å². The Labute approximate surface area is 108 Å². The molecule has 1 aliphatic heterocycles. The topological polar surface area (TPSA) is 24.4 Å². The smallest absolute Gasteiger partial charge is 0.334 e. The molecule has 0 spiro atoms. The molecule has 0 fully saturated rings. The van der Waals surface area contributed by atoms with Gasteiger partial charge in [0.2, 0.25) is 0 Å². The number of anilines is 1. The lowest BCUT2D eigenvalue weighted by molar-refractivity contribution is -0.136. The minimum atomic E-state index is -4.35. The zero-order valence-corrected chi connectivity index (χ0v) is 10.6. The summed E-state index contributed by atoms with van der Waals surface area (Å²) in [5, 5.41) is 3.34. The second kappa shape index (κ2) is 5.22. The van der Waals surface area contributed by atoms with E-state index in [2.05, 4.69) is 10.3 Å². The van der Waals surface area contributed by atoms with Crippen molar-refractivity contribution in [3.8, 4) is 0 Å². The Bertz CT molecular complexity index is 457. The first-order valence-electron chi connectivity index (χ1n) is 5.60. The third kappa shape index (κ3) is 3.19. The normalized spacial score (nSPS) is 20.4. The van der Waals surface area contributed by atoms with Gasteiger partial charge in [0, 0.05) is 5.75 Å². The molecule has 1 aromatic carbocycles. The minimum Gasteiger partial charge on any atom is -0.334 e. The van der Waals surface area contributed by atoms with Crippen molar-refractivity contribution in [1.29, 1.82) is 0 Å². The highest BCUT2D eigenvalue weighted by molar-refractivity contribution is 8.14. The van der Waals surface area contributed by atoms with Gasteiger partial charge in [0.05, 0.1) is 17.3 Å². The Morgan fingerprint density at radius 1 is 1.33 bits per heavy atom. The van der Waals surface area contributed by atoms with Gasteiger partial charge in [-0.05, 0) is 25.5 Å². The van der Waals surface area contributed by atoms with E-state index in [1.807, 2.05) is 6.92 Å². The number of halogens is 3. The maximum Gasteiger partial charge on any atom is 0.418 e. The predicted octanol–water partition coefficient (Wildman–Crippen LogP) is 4.00. The van der Waals surface area contributed by atoms with Crippen LogP contribution in [-0.2, 0) is 6.18 Å². The quantitative estimate of drug-likeness (QED) is 0.837. The molecule has 0 aromatic heterocycles. The molecule has 0 amide bonds. The molecule has 6 heteroatoms. The van der Waals surface area contributed by atoms with Gasteiger partial charge in [-0.2, -0.15) is 13.2 Å². The molecule has 0 saturated carbocycles. The molecule has 98 valence electrons. The van der Waals surface area contributed by atoms with Crippen LogP contribution in [0.1, 0.15) is 18.9 Å². The first kappa shape index (κ1) is 13.3. The number of thioether (sulfide) groups is 1. The molecular weight excluding hydrogens is 261 g/mol. The summed E-state index contributed by atoms with van der Waals surface area (Å²) in [5.41, 5.74) is -0.600. The maximum atomic E-state index is 12.8. The molecule has 0 radical (unpaired) electrons. The van der Waals surface area contributed by atoms with Crippen molar-refractivity contribution in [3.63, 3.8) is 0 Å². The molecule has 1 heterocycles. The molecule has 1 unspecified atom stereocenters. The molecule has 0 bridgehead atoms. The average Bonchev–Trinajstić information content (AvgIpc) is 2.28. The van der Waals surface area contributed by atoms with Crippen molar-refractivity contribution in [1.82, 2.24) is 0 Å². The van der Waals surface area contributed by atoms with Crippen LogP contribution < -0.4 is 5.32 Å². The first-order chi connectivity index (χ1) is 8.47. The average molecular weight is 274 g/mol. The first-order valence-corrected chi connectivity index (χ1v) is 6.59. The number of alkyl halides is 3. The van der Waals surface area contributed by atoms with Gasteiger partial charge in [-0.15, -0.1) is 0 Å². The van der Waals surface area contributed by atoms with Gasteiger partial charge in [0.15, 0.2) is 5.17 Å². The summed E-state index contributed by atoms with van der Waals surface area (Å²) in [7, 11) is 0. The van der Waals surface area contributed by atoms with Crippen LogP contribution >= 0.6 is 11.8 Å². The van der Waals surface area contributed by atoms with Crippen molar-refractivity contribution in [2.24, 2.45) is 4.99 Å². The molecule has 0 saturated heterocycles. The maximum absolute atomic E-state index is 12.8. The fourth-order valence-electron chi connectivity index (χ4n) is 1.65. The van der Waals surface area contributed by atoms with Gasteiger partial charge in [-0.3, -0.25) is 4.99 Å². The number of hydrogen-bond acceptors (Lipinski definition) is 3. The van der Waals surface area contributed by atoms with E-state index in [4.69, 9.17) is 0 Å². The van der Waals surface area contributed by atoms with Gasteiger partial charge < -0.3 is 5.32 Å². The molecule has 0 aliphatic carbocycles. The van der Waals surface area contributed by atoms with Gasteiger partial charge in [0.1, 0.15) is 0 Å². The van der Waals surface area contributed by atoms with E-state index >= 15 is 0 Å². The summed E-state index contributed by atoms with van der Waals surface area (Å²) in [5.74, 6) is 0.876. The van der Waals surface area contributed by atoms with Crippen LogP contribution in [0.15, 0.2) is 29.3 Å². The van der Waals surface area contributed by atoms with Crippen molar-refractivity contribution in [2.45, 2.75) is 25.6 Å². The van der Waals surface area contributed by atoms with Crippen molar-refractivity contribution < 1.29 is 13.2 Å². The van der Waals surface area contributed by atoms with Crippen LogP contribution in [0.3, 0.4) is 0 Å². The molecule has 2 nitrogen and oxygen atoms in total. The molecular formula is C12H13F3N2S. The molecule has 1 N–H and O–H groups in total. The largest absolute Gasteiger partial charge is 0.418 e. The Morgan fingerprint density at radius 3 is 2.72 bits per heavy atom. The molecule has 2 rings (SSSR count). The Balaban J connectivity index is 2.24. The number of amidine groups is 1. The van der Waals surface area contributed by atoms with E-state index in [0.717, 1.165) is 18.2 Å². The van der Waals surface area contributed by atoms with E-state index in [1.54, 1.807) is 6.07 Å². The highest BCUT2D eigenvalue weighted by Crippen LogP contribution is 2.35. The standard InChI is InChI=1S/C12H13F3N2S/c1-8-6-7-18-11(16-8)17-10-5-3-2-4-9(10)12(13,14)15/h2-5,8H,6-7H2,1H3,(H,16,17). The summed E-state index contributed by atoms with van der Waals surface area (Å²) in [6.07, 6.45) is -3.40. The lowest BCUT2D eigenvalue weighted by atomic mass is 10.2. The van der Waals surface area contributed by atoms with Crippen molar-refractivity contribution >= 4 is 22.6 Å². The van der Waals surface area contributed by atoms with E-state index in [-0.39, 0.29) is 11.7 Å². The lowest BCUT2D eigenvalue weighted by Crippen LogP contribution is -2.20. The lowest BCUT2D eigenvalue weighted by Gasteiger charge is -2.19. The van der Waals surface area contributed by atoms with Crippen LogP contribution in [0.5, 0.6) is 0 Å². The summed E-state index contributed by atoms with van der Waals surface area (Å²) in [4.78, 5) is 4.30. The van der Waals surface area contributed by atoms with Crippen LogP contribution in [0.2, 0.25) is 0 Å². The summed E-state index contributed by atoms with van der Waals surface area (Å²) < 4.78 is 38.4. The van der Waals surface area contributed by atoms with Crippen molar-refractivity contribution in [2.75, 3.05) is 11.1 Å². The number of para-hydroxylation sites is 1. The Kier molecular flexibility index (Phi) is 3.85. The zero-order valence-electron chi connectivity index (χ0n) is 9.79. The van der Waals surface area contributed by atoms with Gasteiger partial charge >= 0.3 is 6.18 Å². The van der Waals surface area contributed by atoms with E-state index in [9.17, 15) is 13.2 Å². The summed E-state index contributed by atoms with van der Waals surface area (Å²) >= 11 is 1.45. The third-order valence-electron chi connectivity index (χ3n) is 2.59. The van der Waals surface area contributed by atoms with Crippen molar-refractivity contribution in [3.05, 3.63) is 29.8 Å². The fourth-order valence-corrected chi connectivity index (χ4v) is 2.74. The van der Waals surface area contributed by atoms with Crippen LogP contribution in [0, 0.1) is 0 Å². The van der Waals surface area contributed by atoms with Gasteiger partial charge in [0.25, 0.3) is 0 Å².